The Morgan fingerprint density at radius 3 is 2.84 bits per heavy atom. The van der Waals surface area contributed by atoms with Crippen molar-refractivity contribution in [2.75, 3.05) is 6.54 Å². The van der Waals surface area contributed by atoms with Crippen LogP contribution in [0.1, 0.15) is 23.2 Å². The van der Waals surface area contributed by atoms with Crippen molar-refractivity contribution in [3.8, 4) is 5.75 Å². The molecule has 2 heterocycles. The summed E-state index contributed by atoms with van der Waals surface area (Å²) in [6.07, 6.45) is 4.10. The molecule has 1 aliphatic heterocycles. The lowest BCUT2D eigenvalue weighted by Crippen LogP contribution is -2.38. The predicted octanol–water partition coefficient (Wildman–Crippen LogP) is 3.22. The molecule has 3 aromatic rings. The first-order chi connectivity index (χ1) is 15.0. The molecule has 1 fully saturated rings. The smallest absolute Gasteiger partial charge is 0.240 e. The van der Waals surface area contributed by atoms with Gasteiger partial charge >= 0.3 is 0 Å². The summed E-state index contributed by atoms with van der Waals surface area (Å²) >= 11 is 0. The van der Waals surface area contributed by atoms with E-state index < -0.39 is 5.82 Å². The van der Waals surface area contributed by atoms with Crippen molar-refractivity contribution >= 4 is 11.6 Å². The summed E-state index contributed by atoms with van der Waals surface area (Å²) in [5.74, 6) is -0.308. The number of aromatic nitrogens is 2. The molecule has 1 saturated heterocycles. The molecule has 1 aromatic heterocycles. The number of imidazole rings is 1. The number of aromatic hydroxyl groups is 1. The van der Waals surface area contributed by atoms with Gasteiger partial charge in [-0.1, -0.05) is 24.3 Å². The number of amides is 1. The molecular weight excluding hydrogens is 397 g/mol. The van der Waals surface area contributed by atoms with Crippen LogP contribution in [0.3, 0.4) is 0 Å². The van der Waals surface area contributed by atoms with Crippen molar-refractivity contribution in [1.82, 2.24) is 19.8 Å². The van der Waals surface area contributed by atoms with Crippen LogP contribution in [0.25, 0.3) is 4.85 Å². The maximum Gasteiger partial charge on any atom is 0.240 e. The van der Waals surface area contributed by atoms with Crippen molar-refractivity contribution in [3.63, 3.8) is 0 Å². The molecular formula is C23H22FN5O2. The molecule has 2 N–H and O–H groups in total. The molecule has 1 amide bonds. The number of carbonyl (C=O) groups excluding carboxylic acids is 1. The number of carbonyl (C=O) groups is 1. The number of nitrogens with one attached hydrogen (secondary N) is 1. The van der Waals surface area contributed by atoms with Crippen molar-refractivity contribution in [3.05, 3.63) is 89.0 Å². The fourth-order valence-corrected chi connectivity index (χ4v) is 3.76. The van der Waals surface area contributed by atoms with Crippen LogP contribution in [-0.4, -0.2) is 38.1 Å². The van der Waals surface area contributed by atoms with Crippen LogP contribution in [0, 0.1) is 12.4 Å². The highest BCUT2D eigenvalue weighted by atomic mass is 19.1. The number of hydrogen-bond acceptors (Lipinski definition) is 4. The molecule has 8 heteroatoms. The van der Waals surface area contributed by atoms with Gasteiger partial charge < -0.3 is 19.9 Å². The standard InChI is InChI=1S/C23H22FN5O2/c1-25-21-6-5-17(10-20(21)24)14-29-15-26-11-18(29)12-27-22-7-8-28(23(22)31)13-16-3-2-4-19(30)9-16/h2-6,9-11,15,22,27,30H,7-8,12-14H2. The average molecular weight is 419 g/mol. The van der Waals surface area contributed by atoms with E-state index in [0.29, 0.717) is 32.6 Å². The second kappa shape index (κ2) is 8.98. The van der Waals surface area contributed by atoms with Crippen LogP contribution in [0.15, 0.2) is 55.0 Å². The molecule has 0 saturated carbocycles. The van der Waals surface area contributed by atoms with E-state index in [4.69, 9.17) is 6.57 Å². The molecule has 1 aliphatic rings. The molecule has 0 spiro atoms. The Bertz CT molecular complexity index is 1140. The van der Waals surface area contributed by atoms with Gasteiger partial charge in [-0.15, -0.1) is 0 Å². The lowest BCUT2D eigenvalue weighted by Gasteiger charge is -2.17. The van der Waals surface area contributed by atoms with Gasteiger partial charge in [-0.3, -0.25) is 4.79 Å². The molecule has 2 aromatic carbocycles. The molecule has 31 heavy (non-hydrogen) atoms. The summed E-state index contributed by atoms with van der Waals surface area (Å²) in [5.41, 5.74) is 2.52. The highest BCUT2D eigenvalue weighted by Crippen LogP contribution is 2.20. The largest absolute Gasteiger partial charge is 0.508 e. The van der Waals surface area contributed by atoms with Crippen molar-refractivity contribution in [1.29, 1.82) is 0 Å². The monoisotopic (exact) mass is 419 g/mol. The topological polar surface area (TPSA) is 74.8 Å². The Kier molecular flexibility index (Phi) is 5.96. The van der Waals surface area contributed by atoms with Crippen LogP contribution in [0.4, 0.5) is 10.1 Å². The molecule has 4 rings (SSSR count). The van der Waals surface area contributed by atoms with Gasteiger partial charge in [0.25, 0.3) is 0 Å². The first-order valence-corrected chi connectivity index (χ1v) is 9.98. The maximum atomic E-state index is 13.9. The second-order valence-corrected chi connectivity index (χ2v) is 7.56. The zero-order valence-electron chi connectivity index (χ0n) is 16.8. The summed E-state index contributed by atoms with van der Waals surface area (Å²) in [4.78, 5) is 21.8. The number of phenols is 1. The first-order valence-electron chi connectivity index (χ1n) is 9.98. The van der Waals surface area contributed by atoms with E-state index in [9.17, 15) is 14.3 Å². The lowest BCUT2D eigenvalue weighted by molar-refractivity contribution is -0.129. The third-order valence-electron chi connectivity index (χ3n) is 5.40. The summed E-state index contributed by atoms with van der Waals surface area (Å²) in [6, 6.07) is 11.2. The minimum Gasteiger partial charge on any atom is -0.508 e. The van der Waals surface area contributed by atoms with Gasteiger partial charge in [0.05, 0.1) is 24.6 Å². The zero-order valence-corrected chi connectivity index (χ0v) is 16.8. The second-order valence-electron chi connectivity index (χ2n) is 7.56. The van der Waals surface area contributed by atoms with Crippen molar-refractivity contribution < 1.29 is 14.3 Å². The number of phenolic OH excluding ortho intramolecular Hbond substituents is 1. The predicted molar refractivity (Wildman–Crippen MR) is 113 cm³/mol. The van der Waals surface area contributed by atoms with E-state index in [2.05, 4.69) is 15.1 Å². The Hall–Kier alpha value is -3.70. The Labute approximate surface area is 179 Å². The van der Waals surface area contributed by atoms with Crippen LogP contribution < -0.4 is 5.32 Å². The Morgan fingerprint density at radius 2 is 2.06 bits per heavy atom. The van der Waals surface area contributed by atoms with E-state index in [1.54, 1.807) is 41.7 Å². The van der Waals surface area contributed by atoms with Gasteiger partial charge in [0.15, 0.2) is 0 Å². The van der Waals surface area contributed by atoms with Gasteiger partial charge in [0, 0.05) is 32.4 Å². The van der Waals surface area contributed by atoms with Crippen LogP contribution >= 0.6 is 0 Å². The number of rotatable bonds is 7. The minimum atomic E-state index is -0.532. The summed E-state index contributed by atoms with van der Waals surface area (Å²) in [6.45, 7) is 8.95. The highest BCUT2D eigenvalue weighted by molar-refractivity contribution is 5.84. The quantitative estimate of drug-likeness (QED) is 0.577. The molecule has 0 bridgehead atoms. The molecule has 7 nitrogen and oxygen atoms in total. The fourth-order valence-electron chi connectivity index (χ4n) is 3.76. The molecule has 0 aliphatic carbocycles. The Balaban J connectivity index is 1.35. The minimum absolute atomic E-state index is 0.00582. The van der Waals surface area contributed by atoms with E-state index >= 15 is 0 Å². The van der Waals surface area contributed by atoms with Gasteiger partial charge in [-0.05, 0) is 35.7 Å². The van der Waals surface area contributed by atoms with Crippen LogP contribution in [0.5, 0.6) is 5.75 Å². The van der Waals surface area contributed by atoms with Gasteiger partial charge in [0.2, 0.25) is 11.6 Å². The lowest BCUT2D eigenvalue weighted by atomic mass is 10.2. The number of hydrogen-bond donors (Lipinski definition) is 2. The van der Waals surface area contributed by atoms with E-state index in [1.807, 2.05) is 10.6 Å². The zero-order chi connectivity index (χ0) is 21.8. The maximum absolute atomic E-state index is 13.9. The van der Waals surface area contributed by atoms with E-state index in [-0.39, 0.29) is 23.4 Å². The third-order valence-corrected chi connectivity index (χ3v) is 5.40. The third kappa shape index (κ3) is 4.73. The first kappa shape index (κ1) is 20.6. The normalized spacial score (nSPS) is 15.9. The molecule has 158 valence electrons. The van der Waals surface area contributed by atoms with Gasteiger partial charge in [-0.2, -0.15) is 0 Å². The average Bonchev–Trinajstić information content (AvgIpc) is 3.33. The van der Waals surface area contributed by atoms with Crippen molar-refractivity contribution in [2.45, 2.75) is 32.1 Å². The number of halogens is 1. The van der Waals surface area contributed by atoms with Crippen LogP contribution in [0.2, 0.25) is 0 Å². The number of likely N-dealkylation sites (tertiary alicyclic amines) is 1. The summed E-state index contributed by atoms with van der Waals surface area (Å²) in [5, 5.41) is 12.9. The van der Waals surface area contributed by atoms with E-state index in [0.717, 1.165) is 16.8 Å². The Morgan fingerprint density at radius 1 is 1.23 bits per heavy atom. The fraction of sp³-hybridized carbons (Fsp3) is 0.261. The molecule has 1 atom stereocenters. The van der Waals surface area contributed by atoms with Crippen LogP contribution in [-0.2, 0) is 24.4 Å². The number of benzene rings is 2. The SMILES string of the molecule is [C-]#[N+]c1ccc(Cn2cncc2CNC2CCN(Cc3cccc(O)c3)C2=O)cc1F. The van der Waals surface area contributed by atoms with Gasteiger partial charge in [0.1, 0.15) is 11.6 Å². The van der Waals surface area contributed by atoms with Crippen molar-refractivity contribution in [2.24, 2.45) is 0 Å². The summed E-state index contributed by atoms with van der Waals surface area (Å²) < 4.78 is 15.8. The molecule has 1 unspecified atom stereocenters. The number of nitrogens with zero attached hydrogens (tertiary/aromatic N) is 4. The summed E-state index contributed by atoms with van der Waals surface area (Å²) in [7, 11) is 0. The highest BCUT2D eigenvalue weighted by Gasteiger charge is 2.31. The van der Waals surface area contributed by atoms with Gasteiger partial charge in [-0.25, -0.2) is 14.2 Å². The molecule has 0 radical (unpaired) electrons. The van der Waals surface area contributed by atoms with E-state index in [1.165, 1.54) is 12.1 Å².